The molecule has 1 unspecified atom stereocenters. The van der Waals surface area contributed by atoms with Gasteiger partial charge in [0.25, 0.3) is 0 Å². The monoisotopic (exact) mass is 289 g/mol. The minimum Gasteiger partial charge on any atom is -0.478 e. The van der Waals surface area contributed by atoms with Crippen LogP contribution in [-0.2, 0) is 22.5 Å². The van der Waals surface area contributed by atoms with E-state index < -0.39 is 5.97 Å². The summed E-state index contributed by atoms with van der Waals surface area (Å²) in [6, 6.07) is 5.19. The van der Waals surface area contributed by atoms with Crippen LogP contribution in [0, 0.1) is 5.92 Å². The van der Waals surface area contributed by atoms with Crippen molar-refractivity contribution in [2.24, 2.45) is 5.92 Å². The number of rotatable bonds is 2. The van der Waals surface area contributed by atoms with Crippen LogP contribution in [0.15, 0.2) is 18.2 Å². The van der Waals surface area contributed by atoms with Gasteiger partial charge < -0.3 is 14.7 Å². The van der Waals surface area contributed by atoms with Crippen molar-refractivity contribution in [3.8, 4) is 0 Å². The molecule has 2 heterocycles. The Labute approximate surface area is 123 Å². The summed E-state index contributed by atoms with van der Waals surface area (Å²) in [4.78, 5) is 25.4. The minimum absolute atomic E-state index is 0.0389. The summed E-state index contributed by atoms with van der Waals surface area (Å²) in [7, 11) is 0. The number of amides is 1. The maximum atomic E-state index is 12.5. The zero-order valence-corrected chi connectivity index (χ0v) is 11.9. The molecule has 1 aromatic carbocycles. The van der Waals surface area contributed by atoms with Gasteiger partial charge in [-0.25, -0.2) is 4.79 Å². The number of hydrogen-bond donors (Lipinski definition) is 1. The van der Waals surface area contributed by atoms with Crippen molar-refractivity contribution in [3.63, 3.8) is 0 Å². The molecule has 3 rings (SSSR count). The van der Waals surface area contributed by atoms with Gasteiger partial charge in [-0.2, -0.15) is 0 Å². The number of fused-ring (bicyclic) bond motifs is 1. The van der Waals surface area contributed by atoms with E-state index in [1.54, 1.807) is 12.1 Å². The molecule has 0 aliphatic carbocycles. The van der Waals surface area contributed by atoms with E-state index in [0.717, 1.165) is 37.0 Å². The average molecular weight is 289 g/mol. The van der Waals surface area contributed by atoms with E-state index in [1.807, 2.05) is 11.0 Å². The highest BCUT2D eigenvalue weighted by Crippen LogP contribution is 2.24. The van der Waals surface area contributed by atoms with Crippen LogP contribution in [0.25, 0.3) is 0 Å². The zero-order valence-electron chi connectivity index (χ0n) is 11.9. The molecule has 1 aromatic rings. The maximum absolute atomic E-state index is 12.5. The Kier molecular flexibility index (Phi) is 3.92. The van der Waals surface area contributed by atoms with E-state index in [9.17, 15) is 9.59 Å². The summed E-state index contributed by atoms with van der Waals surface area (Å²) >= 11 is 0. The van der Waals surface area contributed by atoms with Gasteiger partial charge in [-0.3, -0.25) is 4.79 Å². The zero-order chi connectivity index (χ0) is 14.8. The SMILES string of the molecule is O=C(O)c1ccc2c(c1)CN(C(=O)C1CCCOC1)CC2. The van der Waals surface area contributed by atoms with Gasteiger partial charge in [0.1, 0.15) is 0 Å². The highest BCUT2D eigenvalue weighted by molar-refractivity contribution is 5.88. The molecule has 0 aromatic heterocycles. The molecule has 1 N–H and O–H groups in total. The Morgan fingerprint density at radius 1 is 1.29 bits per heavy atom. The van der Waals surface area contributed by atoms with Crippen LogP contribution in [0.2, 0.25) is 0 Å². The van der Waals surface area contributed by atoms with Crippen molar-refractivity contribution in [2.45, 2.75) is 25.8 Å². The standard InChI is InChI=1S/C16H19NO4/c18-15(13-2-1-7-21-10-13)17-6-5-11-3-4-12(16(19)20)8-14(11)9-17/h3-4,8,13H,1-2,5-7,9-10H2,(H,19,20). The summed E-state index contributed by atoms with van der Waals surface area (Å²) < 4.78 is 5.39. The third-order valence-electron chi connectivity index (χ3n) is 4.29. The molecule has 1 atom stereocenters. The summed E-state index contributed by atoms with van der Waals surface area (Å²) in [5.41, 5.74) is 2.37. The molecule has 21 heavy (non-hydrogen) atoms. The summed E-state index contributed by atoms with van der Waals surface area (Å²) in [6.45, 7) is 2.46. The predicted octanol–water partition coefficient (Wildman–Crippen LogP) is 1.70. The van der Waals surface area contributed by atoms with E-state index in [1.165, 1.54) is 0 Å². The first-order valence-corrected chi connectivity index (χ1v) is 7.37. The van der Waals surface area contributed by atoms with E-state index in [-0.39, 0.29) is 17.4 Å². The second-order valence-electron chi connectivity index (χ2n) is 5.71. The first-order valence-electron chi connectivity index (χ1n) is 7.37. The van der Waals surface area contributed by atoms with Crippen molar-refractivity contribution < 1.29 is 19.4 Å². The Hall–Kier alpha value is -1.88. The Morgan fingerprint density at radius 2 is 2.14 bits per heavy atom. The van der Waals surface area contributed by atoms with Gasteiger partial charge in [0.2, 0.25) is 5.91 Å². The van der Waals surface area contributed by atoms with Crippen molar-refractivity contribution in [1.82, 2.24) is 4.90 Å². The first kappa shape index (κ1) is 14.1. The van der Waals surface area contributed by atoms with Crippen LogP contribution in [0.4, 0.5) is 0 Å². The molecule has 0 bridgehead atoms. The lowest BCUT2D eigenvalue weighted by Gasteiger charge is -2.33. The van der Waals surface area contributed by atoms with Crippen molar-refractivity contribution >= 4 is 11.9 Å². The highest BCUT2D eigenvalue weighted by Gasteiger charge is 2.29. The van der Waals surface area contributed by atoms with Crippen molar-refractivity contribution in [2.75, 3.05) is 19.8 Å². The second-order valence-corrected chi connectivity index (χ2v) is 5.71. The average Bonchev–Trinajstić information content (AvgIpc) is 2.54. The van der Waals surface area contributed by atoms with Crippen molar-refractivity contribution in [3.05, 3.63) is 34.9 Å². The Balaban J connectivity index is 1.75. The van der Waals surface area contributed by atoms with Gasteiger partial charge in [-0.1, -0.05) is 6.07 Å². The van der Waals surface area contributed by atoms with E-state index in [4.69, 9.17) is 9.84 Å². The number of carboxylic acids is 1. The number of hydrogen-bond acceptors (Lipinski definition) is 3. The van der Waals surface area contributed by atoms with Crippen LogP contribution in [-0.4, -0.2) is 41.6 Å². The first-order chi connectivity index (χ1) is 10.1. The third kappa shape index (κ3) is 2.93. The molecule has 112 valence electrons. The minimum atomic E-state index is -0.929. The normalized spacial score (nSPS) is 21.7. The number of carboxylic acid groups (broad SMARTS) is 1. The van der Waals surface area contributed by atoms with Crippen LogP contribution >= 0.6 is 0 Å². The molecule has 5 heteroatoms. The van der Waals surface area contributed by atoms with Gasteiger partial charge in [-0.05, 0) is 42.5 Å². The van der Waals surface area contributed by atoms with Crippen LogP contribution in [0.1, 0.15) is 34.3 Å². The molecule has 1 amide bonds. The van der Waals surface area contributed by atoms with Gasteiger partial charge in [0.05, 0.1) is 18.1 Å². The van der Waals surface area contributed by atoms with Crippen LogP contribution < -0.4 is 0 Å². The van der Waals surface area contributed by atoms with Crippen molar-refractivity contribution in [1.29, 1.82) is 0 Å². The van der Waals surface area contributed by atoms with Gasteiger partial charge in [-0.15, -0.1) is 0 Å². The molecule has 2 aliphatic heterocycles. The maximum Gasteiger partial charge on any atom is 0.335 e. The molecule has 1 fully saturated rings. The fourth-order valence-electron chi connectivity index (χ4n) is 3.07. The number of aromatic carboxylic acids is 1. The van der Waals surface area contributed by atoms with Gasteiger partial charge >= 0.3 is 5.97 Å². The largest absolute Gasteiger partial charge is 0.478 e. The van der Waals surface area contributed by atoms with E-state index in [2.05, 4.69) is 0 Å². The molecule has 1 saturated heterocycles. The molecular weight excluding hydrogens is 270 g/mol. The lowest BCUT2D eigenvalue weighted by Crippen LogP contribution is -2.42. The van der Waals surface area contributed by atoms with Crippen LogP contribution in [0.5, 0.6) is 0 Å². The molecule has 2 aliphatic rings. The number of benzene rings is 1. The molecule has 0 spiro atoms. The molecular formula is C16H19NO4. The number of nitrogens with zero attached hydrogens (tertiary/aromatic N) is 1. The topological polar surface area (TPSA) is 66.8 Å². The summed E-state index contributed by atoms with van der Waals surface area (Å²) in [5.74, 6) is -0.828. The van der Waals surface area contributed by atoms with E-state index in [0.29, 0.717) is 19.7 Å². The number of ether oxygens (including phenoxy) is 1. The fraction of sp³-hybridized carbons (Fsp3) is 0.500. The smallest absolute Gasteiger partial charge is 0.335 e. The summed E-state index contributed by atoms with van der Waals surface area (Å²) in [5, 5.41) is 9.07. The van der Waals surface area contributed by atoms with Gasteiger partial charge in [0.15, 0.2) is 0 Å². The highest BCUT2D eigenvalue weighted by atomic mass is 16.5. The molecule has 5 nitrogen and oxygen atoms in total. The molecule has 0 saturated carbocycles. The number of carbonyl (C=O) groups excluding carboxylic acids is 1. The van der Waals surface area contributed by atoms with Crippen LogP contribution in [0.3, 0.4) is 0 Å². The summed E-state index contributed by atoms with van der Waals surface area (Å²) in [6.07, 6.45) is 2.61. The second kappa shape index (κ2) is 5.85. The third-order valence-corrected chi connectivity index (χ3v) is 4.29. The van der Waals surface area contributed by atoms with Gasteiger partial charge in [0, 0.05) is 19.7 Å². The lowest BCUT2D eigenvalue weighted by atomic mass is 9.95. The quantitative estimate of drug-likeness (QED) is 0.900. The van der Waals surface area contributed by atoms with E-state index >= 15 is 0 Å². The lowest BCUT2D eigenvalue weighted by molar-refractivity contribution is -0.140. The molecule has 0 radical (unpaired) electrons. The Morgan fingerprint density at radius 3 is 2.86 bits per heavy atom. The Bertz CT molecular complexity index is 563. The number of carbonyl (C=O) groups is 2. The predicted molar refractivity (Wildman–Crippen MR) is 76.1 cm³/mol. The fourth-order valence-corrected chi connectivity index (χ4v) is 3.07.